The summed E-state index contributed by atoms with van der Waals surface area (Å²) in [6.07, 6.45) is 0.291. The normalized spacial score (nSPS) is 10.4. The number of aliphatic carboxylic acids is 1. The summed E-state index contributed by atoms with van der Waals surface area (Å²) in [5, 5.41) is 8.87. The van der Waals surface area contributed by atoms with Gasteiger partial charge < -0.3 is 10.0 Å². The molecule has 0 bridgehead atoms. The van der Waals surface area contributed by atoms with Gasteiger partial charge in [0.25, 0.3) is 0 Å². The Hall–Kier alpha value is -1.84. The third kappa shape index (κ3) is 3.58. The maximum atomic E-state index is 11.8. The lowest BCUT2D eigenvalue weighted by Gasteiger charge is -2.21. The Bertz CT molecular complexity index is 440. The number of amides is 1. The number of carboxylic acid groups (broad SMARTS) is 1. The average Bonchev–Trinajstić information content (AvgIpc) is 2.35. The van der Waals surface area contributed by atoms with Crippen LogP contribution in [0.2, 0.25) is 0 Å². The Morgan fingerprint density at radius 2 is 2.00 bits per heavy atom. The van der Waals surface area contributed by atoms with Crippen molar-refractivity contribution in [2.45, 2.75) is 33.1 Å². The minimum atomic E-state index is -1.01. The second-order valence-electron chi connectivity index (χ2n) is 4.48. The number of anilines is 1. The van der Waals surface area contributed by atoms with Gasteiger partial charge in [0.15, 0.2) is 0 Å². The van der Waals surface area contributed by atoms with Gasteiger partial charge in [-0.05, 0) is 23.6 Å². The lowest BCUT2D eigenvalue weighted by Crippen LogP contribution is -2.35. The fourth-order valence-electron chi connectivity index (χ4n) is 1.70. The molecule has 0 aliphatic carbocycles. The van der Waals surface area contributed by atoms with Crippen LogP contribution in [0.1, 0.15) is 38.7 Å². The quantitative estimate of drug-likeness (QED) is 0.872. The molecule has 1 rings (SSSR count). The topological polar surface area (TPSA) is 57.6 Å². The Labute approximate surface area is 107 Å². The van der Waals surface area contributed by atoms with E-state index in [0.29, 0.717) is 18.0 Å². The van der Waals surface area contributed by atoms with E-state index in [1.165, 1.54) is 4.90 Å². The summed E-state index contributed by atoms with van der Waals surface area (Å²) >= 11 is 0. The fourth-order valence-corrected chi connectivity index (χ4v) is 1.70. The van der Waals surface area contributed by atoms with E-state index in [0.717, 1.165) is 5.56 Å². The number of hydrogen-bond donors (Lipinski definition) is 1. The van der Waals surface area contributed by atoms with Crippen molar-refractivity contribution in [2.75, 3.05) is 11.4 Å². The molecule has 0 saturated carbocycles. The third-order valence-electron chi connectivity index (χ3n) is 2.75. The molecule has 0 spiro atoms. The summed E-state index contributed by atoms with van der Waals surface area (Å²) in [6, 6.07) is 7.47. The molecule has 0 heterocycles. The molecule has 0 aromatic heterocycles. The number of rotatable bonds is 5. The molecule has 0 fully saturated rings. The van der Waals surface area contributed by atoms with Crippen LogP contribution in [0, 0.1) is 0 Å². The number of carbonyl (C=O) groups is 2. The van der Waals surface area contributed by atoms with E-state index in [-0.39, 0.29) is 12.5 Å². The highest BCUT2D eigenvalue weighted by Crippen LogP contribution is 2.22. The van der Waals surface area contributed by atoms with Gasteiger partial charge in [-0.2, -0.15) is 0 Å². The Morgan fingerprint density at radius 3 is 2.50 bits per heavy atom. The molecule has 0 aliphatic rings. The zero-order chi connectivity index (χ0) is 13.7. The average molecular weight is 249 g/mol. The smallest absolute Gasteiger partial charge is 0.323 e. The lowest BCUT2D eigenvalue weighted by atomic mass is 10.0. The molecule has 1 aromatic rings. The number of nitrogens with zero attached hydrogens (tertiary/aromatic N) is 1. The maximum absolute atomic E-state index is 11.8. The minimum absolute atomic E-state index is 0.182. The van der Waals surface area contributed by atoms with Crippen LogP contribution in [0.25, 0.3) is 0 Å². The molecule has 4 nitrogen and oxygen atoms in total. The molecule has 4 heteroatoms. The van der Waals surface area contributed by atoms with Gasteiger partial charge in [0.05, 0.1) is 0 Å². The molecule has 1 aromatic carbocycles. The summed E-state index contributed by atoms with van der Waals surface area (Å²) in [5.74, 6) is -0.849. The van der Waals surface area contributed by atoms with Crippen molar-refractivity contribution >= 4 is 17.6 Å². The third-order valence-corrected chi connectivity index (χ3v) is 2.75. The molecule has 0 aliphatic heterocycles. The van der Waals surface area contributed by atoms with Crippen LogP contribution >= 0.6 is 0 Å². The van der Waals surface area contributed by atoms with Crippen molar-refractivity contribution in [2.24, 2.45) is 0 Å². The Morgan fingerprint density at radius 1 is 1.33 bits per heavy atom. The van der Waals surface area contributed by atoms with Crippen LogP contribution in [-0.2, 0) is 9.59 Å². The van der Waals surface area contributed by atoms with E-state index < -0.39 is 5.97 Å². The second-order valence-corrected chi connectivity index (χ2v) is 4.48. The monoisotopic (exact) mass is 249 g/mol. The highest BCUT2D eigenvalue weighted by atomic mass is 16.4. The summed E-state index contributed by atoms with van der Waals surface area (Å²) in [5.41, 5.74) is 1.74. The number of carboxylic acids is 1. The van der Waals surface area contributed by atoms with Crippen molar-refractivity contribution in [3.8, 4) is 0 Å². The highest BCUT2D eigenvalue weighted by molar-refractivity contribution is 5.97. The van der Waals surface area contributed by atoms with Crippen molar-refractivity contribution in [3.63, 3.8) is 0 Å². The van der Waals surface area contributed by atoms with Gasteiger partial charge in [0, 0.05) is 12.1 Å². The molecular weight excluding hydrogens is 230 g/mol. The van der Waals surface area contributed by atoms with Crippen LogP contribution < -0.4 is 4.90 Å². The van der Waals surface area contributed by atoms with Gasteiger partial charge in [-0.1, -0.05) is 32.9 Å². The maximum Gasteiger partial charge on any atom is 0.323 e. The van der Waals surface area contributed by atoms with Gasteiger partial charge >= 0.3 is 5.97 Å². The molecule has 1 amide bonds. The zero-order valence-electron chi connectivity index (χ0n) is 11.0. The van der Waals surface area contributed by atoms with Gasteiger partial charge in [0.2, 0.25) is 5.91 Å². The first-order valence-corrected chi connectivity index (χ1v) is 6.07. The number of carbonyl (C=O) groups excluding carboxylic acids is 1. The van der Waals surface area contributed by atoms with Crippen LogP contribution in [0.3, 0.4) is 0 Å². The van der Waals surface area contributed by atoms with Crippen molar-refractivity contribution in [3.05, 3.63) is 29.8 Å². The van der Waals surface area contributed by atoms with Crippen LogP contribution in [0.4, 0.5) is 5.69 Å². The summed E-state index contributed by atoms with van der Waals surface area (Å²) in [6.45, 7) is 5.54. The zero-order valence-corrected chi connectivity index (χ0v) is 11.0. The minimum Gasteiger partial charge on any atom is -0.480 e. The molecule has 0 radical (unpaired) electrons. The van der Waals surface area contributed by atoms with E-state index >= 15 is 0 Å². The molecule has 1 N–H and O–H groups in total. The Balaban J connectivity index is 3.08. The van der Waals surface area contributed by atoms with Crippen LogP contribution in [0.15, 0.2) is 24.3 Å². The van der Waals surface area contributed by atoms with Crippen molar-refractivity contribution in [1.82, 2.24) is 0 Å². The van der Waals surface area contributed by atoms with Gasteiger partial charge in [-0.3, -0.25) is 9.59 Å². The van der Waals surface area contributed by atoms with Crippen molar-refractivity contribution in [1.29, 1.82) is 0 Å². The largest absolute Gasteiger partial charge is 0.480 e. The summed E-state index contributed by atoms with van der Waals surface area (Å²) in [4.78, 5) is 23.9. The standard InChI is InChI=1S/C14H19NO3/c1-4-13(16)15(9-14(17)18)12-7-5-6-11(8-12)10(2)3/h5-8,10H,4,9H2,1-3H3,(H,17,18). The molecule has 0 saturated heterocycles. The first kappa shape index (κ1) is 14.2. The second kappa shape index (κ2) is 6.19. The predicted octanol–water partition coefficient (Wildman–Crippen LogP) is 2.64. The molecule has 18 heavy (non-hydrogen) atoms. The van der Waals surface area contributed by atoms with Gasteiger partial charge in [0.1, 0.15) is 6.54 Å². The van der Waals surface area contributed by atoms with Crippen LogP contribution in [0.5, 0.6) is 0 Å². The predicted molar refractivity (Wildman–Crippen MR) is 70.8 cm³/mol. The van der Waals surface area contributed by atoms with Crippen molar-refractivity contribution < 1.29 is 14.7 Å². The van der Waals surface area contributed by atoms with E-state index in [4.69, 9.17) is 5.11 Å². The van der Waals surface area contributed by atoms with Gasteiger partial charge in [-0.25, -0.2) is 0 Å². The number of benzene rings is 1. The van der Waals surface area contributed by atoms with E-state index in [1.54, 1.807) is 13.0 Å². The molecule has 0 atom stereocenters. The van der Waals surface area contributed by atoms with E-state index in [2.05, 4.69) is 13.8 Å². The lowest BCUT2D eigenvalue weighted by molar-refractivity contribution is -0.136. The fraction of sp³-hybridized carbons (Fsp3) is 0.429. The first-order valence-electron chi connectivity index (χ1n) is 6.07. The molecule has 98 valence electrons. The SMILES string of the molecule is CCC(=O)N(CC(=O)O)c1cccc(C(C)C)c1. The summed E-state index contributed by atoms with van der Waals surface area (Å²) < 4.78 is 0. The number of hydrogen-bond acceptors (Lipinski definition) is 2. The van der Waals surface area contributed by atoms with Crippen LogP contribution in [-0.4, -0.2) is 23.5 Å². The highest BCUT2D eigenvalue weighted by Gasteiger charge is 2.17. The van der Waals surface area contributed by atoms with Gasteiger partial charge in [-0.15, -0.1) is 0 Å². The Kier molecular flexibility index (Phi) is 4.89. The van der Waals surface area contributed by atoms with E-state index in [1.807, 2.05) is 18.2 Å². The molecule has 0 unspecified atom stereocenters. The molecular formula is C14H19NO3. The van der Waals surface area contributed by atoms with E-state index in [9.17, 15) is 9.59 Å². The summed E-state index contributed by atoms with van der Waals surface area (Å²) in [7, 11) is 0. The first-order chi connectivity index (χ1) is 8.45.